The lowest BCUT2D eigenvalue weighted by atomic mass is 10.1. The van der Waals surface area contributed by atoms with E-state index in [0.717, 1.165) is 22.0 Å². The molecule has 1 fully saturated rings. The molecule has 4 aromatic carbocycles. The Morgan fingerprint density at radius 3 is 2.45 bits per heavy atom. The van der Waals surface area contributed by atoms with Crippen molar-refractivity contribution in [3.63, 3.8) is 0 Å². The van der Waals surface area contributed by atoms with Crippen molar-refractivity contribution in [2.45, 2.75) is 6.54 Å². The lowest BCUT2D eigenvalue weighted by Gasteiger charge is -2.30. The number of ether oxygens (including phenoxy) is 2. The van der Waals surface area contributed by atoms with E-state index < -0.39 is 11.8 Å². The van der Waals surface area contributed by atoms with Crippen LogP contribution in [0.15, 0.2) is 96.7 Å². The molecular weight excluding hydrogens is 522 g/mol. The summed E-state index contributed by atoms with van der Waals surface area (Å²) in [6.45, 7) is 0.633. The molecule has 0 unspecified atom stereocenters. The van der Waals surface area contributed by atoms with Crippen molar-refractivity contribution in [1.82, 2.24) is 9.88 Å². The molecule has 40 heavy (non-hydrogen) atoms. The summed E-state index contributed by atoms with van der Waals surface area (Å²) in [7, 11) is 3.04. The summed E-state index contributed by atoms with van der Waals surface area (Å²) in [5.41, 5.74) is 3.27. The van der Waals surface area contributed by atoms with Gasteiger partial charge in [-0.25, -0.2) is 4.90 Å². The van der Waals surface area contributed by atoms with Crippen molar-refractivity contribution >= 4 is 62.6 Å². The molecule has 1 saturated heterocycles. The van der Waals surface area contributed by atoms with Crippen LogP contribution in [0, 0.1) is 0 Å². The zero-order valence-electron chi connectivity index (χ0n) is 21.9. The number of carbonyl (C=O) groups excluding carboxylic acids is 2. The molecule has 198 valence electrons. The molecule has 6 rings (SSSR count). The maximum atomic E-state index is 13.7. The molecular formula is C32H25N3O4S. The summed E-state index contributed by atoms with van der Waals surface area (Å²) in [5, 5.41) is 5.93. The van der Waals surface area contributed by atoms with Crippen LogP contribution in [0.3, 0.4) is 0 Å². The van der Waals surface area contributed by atoms with Crippen LogP contribution in [-0.2, 0) is 16.1 Å². The monoisotopic (exact) mass is 547 g/mol. The lowest BCUT2D eigenvalue weighted by Crippen LogP contribution is -2.54. The minimum Gasteiger partial charge on any atom is -0.497 e. The second kappa shape index (κ2) is 10.3. The minimum absolute atomic E-state index is 0.0191. The highest BCUT2D eigenvalue weighted by molar-refractivity contribution is 7.80. The lowest BCUT2D eigenvalue weighted by molar-refractivity contribution is -0.122. The molecule has 1 aromatic heterocycles. The first-order valence-corrected chi connectivity index (χ1v) is 13.1. The number of anilines is 1. The molecule has 0 aliphatic carbocycles. The van der Waals surface area contributed by atoms with Gasteiger partial charge < -0.3 is 14.0 Å². The van der Waals surface area contributed by atoms with Gasteiger partial charge in [0.1, 0.15) is 17.1 Å². The third kappa shape index (κ3) is 4.48. The summed E-state index contributed by atoms with van der Waals surface area (Å²) in [4.78, 5) is 28.1. The van der Waals surface area contributed by atoms with Gasteiger partial charge >= 0.3 is 0 Å². The summed E-state index contributed by atoms with van der Waals surface area (Å²) in [6, 6.07) is 27.6. The van der Waals surface area contributed by atoms with Crippen molar-refractivity contribution in [2.24, 2.45) is 0 Å². The number of benzene rings is 4. The predicted octanol–water partition coefficient (Wildman–Crippen LogP) is 5.69. The molecule has 2 amide bonds. The van der Waals surface area contributed by atoms with Gasteiger partial charge in [0.05, 0.1) is 19.9 Å². The van der Waals surface area contributed by atoms with Crippen molar-refractivity contribution in [1.29, 1.82) is 0 Å². The Kier molecular flexibility index (Phi) is 6.53. The fraction of sp³-hybridized carbons (Fsp3) is 0.0938. The second-order valence-electron chi connectivity index (χ2n) is 9.41. The molecule has 5 aromatic rings. The highest BCUT2D eigenvalue weighted by Gasteiger charge is 2.36. The molecule has 0 bridgehead atoms. The average Bonchev–Trinajstić information content (AvgIpc) is 3.32. The summed E-state index contributed by atoms with van der Waals surface area (Å²) < 4.78 is 12.9. The third-order valence-corrected chi connectivity index (χ3v) is 7.30. The van der Waals surface area contributed by atoms with Gasteiger partial charge in [0, 0.05) is 35.3 Å². The maximum Gasteiger partial charge on any atom is 0.270 e. The van der Waals surface area contributed by atoms with Gasteiger partial charge in [-0.05, 0) is 58.9 Å². The quantitative estimate of drug-likeness (QED) is 0.168. The number of aromatic nitrogens is 1. The number of hydrogen-bond donors (Lipinski definition) is 1. The minimum atomic E-state index is -0.551. The van der Waals surface area contributed by atoms with Gasteiger partial charge in [0.15, 0.2) is 5.11 Å². The van der Waals surface area contributed by atoms with E-state index in [1.54, 1.807) is 31.4 Å². The summed E-state index contributed by atoms with van der Waals surface area (Å²) in [5.74, 6) is -0.138. The first-order chi connectivity index (χ1) is 19.5. The van der Waals surface area contributed by atoms with Crippen LogP contribution in [0.4, 0.5) is 5.69 Å². The molecule has 1 aliphatic heterocycles. The molecule has 0 atom stereocenters. The Balaban J connectivity index is 1.40. The van der Waals surface area contributed by atoms with Gasteiger partial charge in [0.2, 0.25) is 0 Å². The number of methoxy groups -OCH3 is 2. The summed E-state index contributed by atoms with van der Waals surface area (Å²) >= 11 is 5.39. The molecule has 2 heterocycles. The molecule has 0 radical (unpaired) electrons. The molecule has 1 aliphatic rings. The van der Waals surface area contributed by atoms with Crippen LogP contribution in [0.2, 0.25) is 0 Å². The fourth-order valence-corrected chi connectivity index (χ4v) is 5.33. The number of para-hydroxylation sites is 1. The zero-order valence-corrected chi connectivity index (χ0v) is 22.7. The van der Waals surface area contributed by atoms with Crippen LogP contribution < -0.4 is 19.7 Å². The third-order valence-electron chi connectivity index (χ3n) is 7.02. The van der Waals surface area contributed by atoms with Gasteiger partial charge in [-0.2, -0.15) is 0 Å². The molecule has 8 heteroatoms. The van der Waals surface area contributed by atoms with E-state index in [0.29, 0.717) is 23.7 Å². The largest absolute Gasteiger partial charge is 0.497 e. The van der Waals surface area contributed by atoms with E-state index in [1.165, 1.54) is 22.8 Å². The second-order valence-corrected chi connectivity index (χ2v) is 9.79. The van der Waals surface area contributed by atoms with E-state index in [4.69, 9.17) is 21.7 Å². The van der Waals surface area contributed by atoms with Crippen molar-refractivity contribution in [3.8, 4) is 11.5 Å². The van der Waals surface area contributed by atoms with Crippen LogP contribution in [0.5, 0.6) is 11.5 Å². The zero-order chi connectivity index (χ0) is 27.8. The SMILES string of the molecule is COc1ccc(N2C(=O)/C(=C/c3cn(Cc4ccc5ccccc5c4)c4ccccc34)C(=O)NC2=S)c(OC)c1. The first-order valence-electron chi connectivity index (χ1n) is 12.7. The Hall–Kier alpha value is -4.95. The van der Waals surface area contributed by atoms with Crippen LogP contribution in [0.1, 0.15) is 11.1 Å². The van der Waals surface area contributed by atoms with Gasteiger partial charge in [0.25, 0.3) is 11.8 Å². The Bertz CT molecular complexity index is 1860. The van der Waals surface area contributed by atoms with Crippen LogP contribution in [-0.4, -0.2) is 35.7 Å². The van der Waals surface area contributed by atoms with E-state index in [-0.39, 0.29) is 10.7 Å². The van der Waals surface area contributed by atoms with E-state index in [2.05, 4.69) is 40.2 Å². The first kappa shape index (κ1) is 25.3. The van der Waals surface area contributed by atoms with E-state index >= 15 is 0 Å². The number of amides is 2. The predicted molar refractivity (Wildman–Crippen MR) is 161 cm³/mol. The maximum absolute atomic E-state index is 13.7. The number of hydrogen-bond acceptors (Lipinski definition) is 5. The number of nitrogens with one attached hydrogen (secondary N) is 1. The van der Waals surface area contributed by atoms with E-state index in [9.17, 15) is 9.59 Å². The standard InChI is InChI=1S/C32H25N3O4S/c1-38-24-13-14-28(29(17-24)39-2)35-31(37)26(30(36)33-32(35)40)16-23-19-34(27-10-6-5-9-25(23)27)18-20-11-12-21-7-3-4-8-22(21)15-20/h3-17,19H,18H2,1-2H3,(H,33,36,40)/b26-16+. The van der Waals surface area contributed by atoms with Crippen LogP contribution in [0.25, 0.3) is 27.8 Å². The molecule has 7 nitrogen and oxygen atoms in total. The average molecular weight is 548 g/mol. The smallest absolute Gasteiger partial charge is 0.270 e. The topological polar surface area (TPSA) is 72.8 Å². The Morgan fingerprint density at radius 2 is 1.65 bits per heavy atom. The molecule has 0 saturated carbocycles. The van der Waals surface area contributed by atoms with Crippen LogP contribution >= 0.6 is 12.2 Å². The number of rotatable bonds is 6. The van der Waals surface area contributed by atoms with Crippen molar-refractivity contribution in [2.75, 3.05) is 19.1 Å². The fourth-order valence-electron chi connectivity index (χ4n) is 5.06. The normalized spacial score (nSPS) is 14.7. The number of carbonyl (C=O) groups is 2. The van der Waals surface area contributed by atoms with Crippen molar-refractivity contribution in [3.05, 3.63) is 108 Å². The Labute approximate surface area is 236 Å². The van der Waals surface area contributed by atoms with Gasteiger partial charge in [-0.15, -0.1) is 0 Å². The number of nitrogens with zero attached hydrogens (tertiary/aromatic N) is 2. The molecule has 0 spiro atoms. The number of fused-ring (bicyclic) bond motifs is 2. The Morgan fingerprint density at radius 1 is 0.875 bits per heavy atom. The number of thiocarbonyl (C=S) groups is 1. The van der Waals surface area contributed by atoms with Crippen molar-refractivity contribution < 1.29 is 19.1 Å². The highest BCUT2D eigenvalue weighted by atomic mass is 32.1. The van der Waals surface area contributed by atoms with Gasteiger partial charge in [-0.1, -0.05) is 54.6 Å². The molecule has 1 N–H and O–H groups in total. The van der Waals surface area contributed by atoms with Gasteiger partial charge in [-0.3, -0.25) is 14.9 Å². The highest BCUT2D eigenvalue weighted by Crippen LogP contribution is 2.35. The summed E-state index contributed by atoms with van der Waals surface area (Å²) in [6.07, 6.45) is 3.60. The van der Waals surface area contributed by atoms with E-state index in [1.807, 2.05) is 42.6 Å².